The first-order valence-electron chi connectivity index (χ1n) is 17.6. The fourth-order valence-electron chi connectivity index (χ4n) is 5.65. The SMILES string of the molecule is Cn1cc(NC(=O)c2cc(NC(=O)CCCCC(=O)Nc3cc(C(=O)Nc4cc(C(=O)NCCC(=N)N)n(C)c4)n(C)c3)cn2C)cc1C(=O)NCCC(=N)N. The van der Waals surface area contributed by atoms with Crippen molar-refractivity contribution >= 4 is 69.9 Å². The fourth-order valence-corrected chi connectivity index (χ4v) is 5.65. The Bertz CT molecular complexity index is 2000. The van der Waals surface area contributed by atoms with Crippen LogP contribution in [0.3, 0.4) is 0 Å². The van der Waals surface area contributed by atoms with Gasteiger partial charge in [0.15, 0.2) is 0 Å². The van der Waals surface area contributed by atoms with E-state index < -0.39 is 11.8 Å². The van der Waals surface area contributed by atoms with Crippen molar-refractivity contribution in [2.75, 3.05) is 34.4 Å². The summed E-state index contributed by atoms with van der Waals surface area (Å²) in [6.07, 6.45) is 7.96. The summed E-state index contributed by atoms with van der Waals surface area (Å²) in [7, 11) is 6.64. The van der Waals surface area contributed by atoms with Gasteiger partial charge >= 0.3 is 0 Å². The quantitative estimate of drug-likeness (QED) is 0.0380. The molecule has 0 saturated heterocycles. The van der Waals surface area contributed by atoms with Gasteiger partial charge in [0, 0.05) is 91.8 Å². The molecule has 12 N–H and O–H groups in total. The first kappa shape index (κ1) is 41.6. The number of aryl methyl sites for hydroxylation is 4. The molecule has 4 aromatic heterocycles. The molecule has 0 atom stereocenters. The molecule has 298 valence electrons. The molecule has 0 aliphatic carbocycles. The highest BCUT2D eigenvalue weighted by Crippen LogP contribution is 2.20. The number of aromatic nitrogens is 4. The third kappa shape index (κ3) is 11.7. The van der Waals surface area contributed by atoms with Gasteiger partial charge < -0.3 is 61.6 Å². The number of nitrogens with zero attached hydrogens (tertiary/aromatic N) is 4. The summed E-state index contributed by atoms with van der Waals surface area (Å²) >= 11 is 0. The Morgan fingerprint density at radius 1 is 0.482 bits per heavy atom. The van der Waals surface area contributed by atoms with E-state index >= 15 is 0 Å². The molecule has 4 rings (SSSR count). The van der Waals surface area contributed by atoms with Crippen molar-refractivity contribution in [3.8, 4) is 0 Å². The van der Waals surface area contributed by atoms with E-state index in [9.17, 15) is 28.8 Å². The van der Waals surface area contributed by atoms with Crippen molar-refractivity contribution in [2.24, 2.45) is 39.7 Å². The molecule has 0 unspecified atom stereocenters. The first-order valence-corrected chi connectivity index (χ1v) is 17.6. The van der Waals surface area contributed by atoms with Crippen molar-refractivity contribution in [3.05, 3.63) is 71.8 Å². The normalized spacial score (nSPS) is 10.7. The Morgan fingerprint density at radius 3 is 1.07 bits per heavy atom. The molecule has 0 radical (unpaired) electrons. The Kier molecular flexibility index (Phi) is 14.0. The number of carbonyl (C=O) groups excluding carboxylic acids is 6. The number of nitrogens with one attached hydrogen (secondary N) is 8. The van der Waals surface area contributed by atoms with E-state index in [0.29, 0.717) is 47.0 Å². The Morgan fingerprint density at radius 2 is 0.768 bits per heavy atom. The van der Waals surface area contributed by atoms with Crippen LogP contribution in [0.15, 0.2) is 49.1 Å². The lowest BCUT2D eigenvalue weighted by Crippen LogP contribution is -2.28. The van der Waals surface area contributed by atoms with Crippen LogP contribution in [-0.2, 0) is 37.8 Å². The maximum absolute atomic E-state index is 13.0. The largest absolute Gasteiger partial charge is 0.388 e. The van der Waals surface area contributed by atoms with Crippen LogP contribution in [0.25, 0.3) is 0 Å². The van der Waals surface area contributed by atoms with E-state index in [1.807, 2.05) is 0 Å². The first-order chi connectivity index (χ1) is 26.5. The van der Waals surface area contributed by atoms with Gasteiger partial charge in [0.2, 0.25) is 11.8 Å². The van der Waals surface area contributed by atoms with Crippen LogP contribution >= 0.6 is 0 Å². The van der Waals surface area contributed by atoms with Crippen molar-refractivity contribution in [2.45, 2.75) is 38.5 Å². The Hall–Kier alpha value is -7.12. The van der Waals surface area contributed by atoms with E-state index in [1.54, 1.807) is 71.2 Å². The topological polar surface area (TPSA) is 294 Å². The predicted octanol–water partition coefficient (Wildman–Crippen LogP) is 1.79. The zero-order valence-corrected chi connectivity index (χ0v) is 31.7. The number of hydrogen-bond acceptors (Lipinski definition) is 8. The lowest BCUT2D eigenvalue weighted by Gasteiger charge is -2.04. The van der Waals surface area contributed by atoms with Gasteiger partial charge in [0.05, 0.1) is 34.4 Å². The van der Waals surface area contributed by atoms with Crippen LogP contribution < -0.4 is 43.4 Å². The lowest BCUT2D eigenvalue weighted by atomic mass is 10.1. The molecule has 0 fully saturated rings. The van der Waals surface area contributed by atoms with Crippen LogP contribution in [0.4, 0.5) is 22.7 Å². The molecule has 0 aliphatic rings. The van der Waals surface area contributed by atoms with E-state index in [-0.39, 0.29) is 85.5 Å². The molecule has 4 heterocycles. The van der Waals surface area contributed by atoms with Gasteiger partial charge in [-0.1, -0.05) is 0 Å². The molecule has 20 nitrogen and oxygen atoms in total. The average Bonchev–Trinajstić information content (AvgIpc) is 3.87. The van der Waals surface area contributed by atoms with Gasteiger partial charge in [-0.3, -0.25) is 39.6 Å². The smallest absolute Gasteiger partial charge is 0.272 e. The molecule has 0 saturated carbocycles. The number of amides is 6. The maximum Gasteiger partial charge on any atom is 0.272 e. The van der Waals surface area contributed by atoms with Crippen molar-refractivity contribution in [3.63, 3.8) is 0 Å². The molecular weight excluding hydrogens is 724 g/mol. The van der Waals surface area contributed by atoms with Crippen LogP contribution in [0.5, 0.6) is 0 Å². The molecule has 4 aromatic rings. The minimum Gasteiger partial charge on any atom is -0.388 e. The standard InChI is InChI=1S/C36H48N14O6/c1-47-19-23(15-25(47)33(53)41-11-9-29(37)38)45-35(55)27-13-21(17-49(27)3)43-31(51)7-5-6-8-32(52)44-22-14-28(50(4)18-22)36(56)46-24-16-26(48(2)20-24)34(54)42-12-10-30(39)40/h13-20H,5-12H2,1-4H3,(H3,37,38)(H3,39,40)(H,41,53)(H,42,54)(H,43,51)(H,44,52)(H,45,55)(H,46,56). The second-order valence-electron chi connectivity index (χ2n) is 13.2. The second-order valence-corrected chi connectivity index (χ2v) is 13.2. The van der Waals surface area contributed by atoms with Gasteiger partial charge in [0.25, 0.3) is 23.6 Å². The van der Waals surface area contributed by atoms with Crippen molar-refractivity contribution < 1.29 is 28.8 Å². The van der Waals surface area contributed by atoms with Crippen LogP contribution in [0, 0.1) is 10.8 Å². The van der Waals surface area contributed by atoms with Crippen LogP contribution in [0.1, 0.15) is 80.5 Å². The monoisotopic (exact) mass is 772 g/mol. The molecule has 20 heteroatoms. The van der Waals surface area contributed by atoms with Gasteiger partial charge in [-0.15, -0.1) is 0 Å². The molecule has 0 aliphatic heterocycles. The molecule has 56 heavy (non-hydrogen) atoms. The molecule has 6 amide bonds. The predicted molar refractivity (Wildman–Crippen MR) is 211 cm³/mol. The minimum absolute atomic E-state index is 0.0377. The number of amidine groups is 2. The highest BCUT2D eigenvalue weighted by molar-refractivity contribution is 6.06. The summed E-state index contributed by atoms with van der Waals surface area (Å²) in [6, 6.07) is 6.11. The molecular formula is C36H48N14O6. The van der Waals surface area contributed by atoms with Gasteiger partial charge in [-0.2, -0.15) is 0 Å². The number of anilines is 4. The molecule has 0 spiro atoms. The number of carbonyl (C=O) groups is 6. The molecule has 0 bridgehead atoms. The summed E-state index contributed by atoms with van der Waals surface area (Å²) in [5.74, 6) is -2.30. The zero-order valence-electron chi connectivity index (χ0n) is 31.7. The summed E-state index contributed by atoms with van der Waals surface area (Å²) in [4.78, 5) is 76.2. The Balaban J connectivity index is 1.19. The maximum atomic E-state index is 13.0. The summed E-state index contributed by atoms with van der Waals surface area (Å²) in [5.41, 5.74) is 13.4. The third-order valence-electron chi connectivity index (χ3n) is 8.45. The van der Waals surface area contributed by atoms with E-state index in [0.717, 1.165) is 0 Å². The lowest BCUT2D eigenvalue weighted by molar-refractivity contribution is -0.118. The highest BCUT2D eigenvalue weighted by atomic mass is 16.2. The minimum atomic E-state index is -0.450. The van der Waals surface area contributed by atoms with Crippen molar-refractivity contribution in [1.82, 2.24) is 28.9 Å². The van der Waals surface area contributed by atoms with Gasteiger partial charge in [-0.05, 0) is 37.1 Å². The fraction of sp³-hybridized carbons (Fsp3) is 0.333. The number of hydrogen-bond donors (Lipinski definition) is 10. The average molecular weight is 773 g/mol. The van der Waals surface area contributed by atoms with Gasteiger partial charge in [0.1, 0.15) is 22.8 Å². The van der Waals surface area contributed by atoms with Crippen molar-refractivity contribution in [1.29, 1.82) is 10.8 Å². The summed E-state index contributed by atoms with van der Waals surface area (Å²) < 4.78 is 6.25. The van der Waals surface area contributed by atoms with Gasteiger partial charge in [-0.25, -0.2) is 0 Å². The zero-order chi connectivity index (χ0) is 41.1. The number of nitrogens with two attached hydrogens (primary N) is 2. The highest BCUT2D eigenvalue weighted by Gasteiger charge is 2.19. The van der Waals surface area contributed by atoms with Crippen LogP contribution in [-0.4, -0.2) is 78.5 Å². The van der Waals surface area contributed by atoms with Crippen LogP contribution in [0.2, 0.25) is 0 Å². The summed E-state index contributed by atoms with van der Waals surface area (Å²) in [5, 5.41) is 30.9. The third-order valence-corrected chi connectivity index (χ3v) is 8.45. The summed E-state index contributed by atoms with van der Waals surface area (Å²) in [6.45, 7) is 0.421. The number of rotatable bonds is 19. The second kappa shape index (κ2) is 18.8. The van der Waals surface area contributed by atoms with E-state index in [4.69, 9.17) is 22.3 Å². The number of unbranched alkanes of at least 4 members (excludes halogenated alkanes) is 1. The van der Waals surface area contributed by atoms with E-state index in [1.165, 1.54) is 24.3 Å². The van der Waals surface area contributed by atoms with E-state index in [2.05, 4.69) is 31.9 Å². The Labute approximate surface area is 322 Å². The molecule has 0 aromatic carbocycles.